The van der Waals surface area contributed by atoms with E-state index >= 15 is 0 Å². The normalized spacial score (nSPS) is 15.7. The van der Waals surface area contributed by atoms with Gasteiger partial charge in [0.1, 0.15) is 11.8 Å². The molecule has 1 aliphatic rings. The van der Waals surface area contributed by atoms with Crippen molar-refractivity contribution in [3.63, 3.8) is 0 Å². The Morgan fingerprint density at radius 2 is 1.97 bits per heavy atom. The lowest BCUT2D eigenvalue weighted by Crippen LogP contribution is -2.40. The van der Waals surface area contributed by atoms with Crippen LogP contribution in [0, 0.1) is 0 Å². The summed E-state index contributed by atoms with van der Waals surface area (Å²) in [5.41, 5.74) is 1.76. The minimum Gasteiger partial charge on any atom is -0.493 e. The molecule has 1 aromatic heterocycles. The van der Waals surface area contributed by atoms with E-state index in [-0.39, 0.29) is 11.1 Å². The number of nitrogens with zero attached hydrogens (tertiary/aromatic N) is 2. The van der Waals surface area contributed by atoms with Crippen molar-refractivity contribution in [3.8, 4) is 5.75 Å². The number of benzene rings is 2. The van der Waals surface area contributed by atoms with E-state index in [1.807, 2.05) is 31.2 Å². The minimum atomic E-state index is -0.756. The van der Waals surface area contributed by atoms with Gasteiger partial charge in [0.2, 0.25) is 0 Å². The van der Waals surface area contributed by atoms with E-state index in [9.17, 15) is 9.59 Å². The zero-order valence-electron chi connectivity index (χ0n) is 18.8. The lowest BCUT2D eigenvalue weighted by atomic mass is 9.95. The maximum Gasteiger partial charge on any atom is 0.338 e. The fraction of sp³-hybridized carbons (Fsp3) is 0.240. The first-order valence-electron chi connectivity index (χ1n) is 10.6. The molecule has 176 valence electrons. The largest absolute Gasteiger partial charge is 0.493 e. The fourth-order valence-corrected chi connectivity index (χ4v) is 5.21. The highest BCUT2D eigenvalue weighted by atomic mass is 35.5. The number of methoxy groups -OCH3 is 1. The number of aromatic nitrogens is 1. The lowest BCUT2D eigenvalue weighted by molar-refractivity contribution is -0.136. The standard InChI is InChI=1S/C25H22Cl2N2O4S/c1-4-12-33-18-11-6-5-9-16(18)22-20(24(31)32-3)14(2)28-25-29(22)23(30)19(34-25)13-15-8-7-10-17(26)21(15)27/h5-11,13,22H,4,12H2,1-3H3. The van der Waals surface area contributed by atoms with Crippen LogP contribution in [0.4, 0.5) is 0 Å². The van der Waals surface area contributed by atoms with E-state index in [0.29, 0.717) is 48.6 Å². The number of hydrogen-bond acceptors (Lipinski definition) is 6. The quantitative estimate of drug-likeness (QED) is 0.452. The molecule has 1 aliphatic heterocycles. The van der Waals surface area contributed by atoms with E-state index in [0.717, 1.165) is 6.42 Å². The Hall–Kier alpha value is -2.87. The number of rotatable bonds is 6. The van der Waals surface area contributed by atoms with Gasteiger partial charge in [0, 0.05) is 5.56 Å². The van der Waals surface area contributed by atoms with Gasteiger partial charge in [-0.3, -0.25) is 9.36 Å². The van der Waals surface area contributed by atoms with Gasteiger partial charge in [-0.15, -0.1) is 0 Å². The molecule has 2 heterocycles. The van der Waals surface area contributed by atoms with E-state index < -0.39 is 12.0 Å². The molecular weight excluding hydrogens is 495 g/mol. The molecule has 0 amide bonds. The monoisotopic (exact) mass is 516 g/mol. The first-order chi connectivity index (χ1) is 16.4. The summed E-state index contributed by atoms with van der Waals surface area (Å²) in [5, 5.41) is 0.753. The van der Waals surface area contributed by atoms with Crippen molar-refractivity contribution in [2.75, 3.05) is 13.7 Å². The van der Waals surface area contributed by atoms with Gasteiger partial charge in [-0.2, -0.15) is 0 Å². The summed E-state index contributed by atoms with van der Waals surface area (Å²) in [5.74, 6) is 0.0432. The average Bonchev–Trinajstić information content (AvgIpc) is 3.14. The summed E-state index contributed by atoms with van der Waals surface area (Å²) in [6.45, 7) is 4.25. The molecule has 0 saturated carbocycles. The Morgan fingerprint density at radius 3 is 2.71 bits per heavy atom. The first kappa shape index (κ1) is 24.3. The third-order valence-corrected chi connectivity index (χ3v) is 7.19. The smallest absolute Gasteiger partial charge is 0.338 e. The number of allylic oxidation sites excluding steroid dienone is 1. The number of thiazole rings is 1. The van der Waals surface area contributed by atoms with Gasteiger partial charge in [0.25, 0.3) is 5.56 Å². The Kier molecular flexibility index (Phi) is 7.26. The maximum atomic E-state index is 13.7. The summed E-state index contributed by atoms with van der Waals surface area (Å²) < 4.78 is 13.0. The van der Waals surface area contributed by atoms with Crippen molar-refractivity contribution in [1.82, 2.24) is 4.57 Å². The molecule has 9 heteroatoms. The predicted molar refractivity (Wildman–Crippen MR) is 134 cm³/mol. The van der Waals surface area contributed by atoms with Crippen LogP contribution in [0.5, 0.6) is 5.75 Å². The van der Waals surface area contributed by atoms with E-state index in [1.165, 1.54) is 23.0 Å². The number of fused-ring (bicyclic) bond motifs is 1. The molecular formula is C25H22Cl2N2O4S. The van der Waals surface area contributed by atoms with Crippen molar-refractivity contribution in [2.45, 2.75) is 26.3 Å². The second-order valence-electron chi connectivity index (χ2n) is 7.60. The summed E-state index contributed by atoms with van der Waals surface area (Å²) in [6.07, 6.45) is 2.50. The number of ether oxygens (including phenoxy) is 2. The Balaban J connectivity index is 1.99. The van der Waals surface area contributed by atoms with Gasteiger partial charge in [0.05, 0.1) is 39.6 Å². The highest BCUT2D eigenvalue weighted by molar-refractivity contribution is 7.07. The highest BCUT2D eigenvalue weighted by Crippen LogP contribution is 2.35. The zero-order valence-corrected chi connectivity index (χ0v) is 21.1. The fourth-order valence-electron chi connectivity index (χ4n) is 3.81. The third kappa shape index (κ3) is 4.43. The van der Waals surface area contributed by atoms with Crippen LogP contribution in [0.2, 0.25) is 10.0 Å². The summed E-state index contributed by atoms with van der Waals surface area (Å²) >= 11 is 13.7. The lowest BCUT2D eigenvalue weighted by Gasteiger charge is -2.26. The predicted octanol–water partition coefficient (Wildman–Crippen LogP) is 4.50. The molecule has 1 atom stereocenters. The molecule has 0 radical (unpaired) electrons. The topological polar surface area (TPSA) is 69.9 Å². The van der Waals surface area contributed by atoms with E-state index in [1.54, 1.807) is 31.2 Å². The van der Waals surface area contributed by atoms with Gasteiger partial charge >= 0.3 is 5.97 Å². The van der Waals surface area contributed by atoms with Crippen LogP contribution in [0.3, 0.4) is 0 Å². The van der Waals surface area contributed by atoms with Gasteiger partial charge in [-0.05, 0) is 37.1 Å². The van der Waals surface area contributed by atoms with Crippen LogP contribution in [-0.4, -0.2) is 24.3 Å². The summed E-state index contributed by atoms with van der Waals surface area (Å²) in [7, 11) is 1.31. The molecule has 0 bridgehead atoms. The van der Waals surface area contributed by atoms with Crippen LogP contribution in [0.1, 0.15) is 37.4 Å². The Bertz CT molecular complexity index is 1470. The van der Waals surface area contributed by atoms with Crippen molar-refractivity contribution in [2.24, 2.45) is 4.99 Å². The number of carbonyl (C=O) groups excluding carboxylic acids is 1. The van der Waals surface area contributed by atoms with Crippen LogP contribution < -0.4 is 19.6 Å². The van der Waals surface area contributed by atoms with Gasteiger partial charge in [-0.1, -0.05) is 71.8 Å². The van der Waals surface area contributed by atoms with Crippen LogP contribution >= 0.6 is 34.5 Å². The Labute approximate surface area is 210 Å². The van der Waals surface area contributed by atoms with Crippen molar-refractivity contribution < 1.29 is 14.3 Å². The van der Waals surface area contributed by atoms with Crippen LogP contribution in [0.15, 0.2) is 63.5 Å². The summed E-state index contributed by atoms with van der Waals surface area (Å²) in [6, 6.07) is 11.9. The molecule has 0 spiro atoms. The molecule has 2 aromatic carbocycles. The van der Waals surface area contributed by atoms with Gasteiger partial charge in [0.15, 0.2) is 4.80 Å². The zero-order chi connectivity index (χ0) is 24.4. The van der Waals surface area contributed by atoms with Crippen molar-refractivity contribution in [1.29, 1.82) is 0 Å². The van der Waals surface area contributed by atoms with Gasteiger partial charge < -0.3 is 9.47 Å². The van der Waals surface area contributed by atoms with E-state index in [4.69, 9.17) is 32.7 Å². The Morgan fingerprint density at radius 1 is 1.21 bits per heavy atom. The van der Waals surface area contributed by atoms with Crippen LogP contribution in [0.25, 0.3) is 6.08 Å². The number of hydrogen-bond donors (Lipinski definition) is 0. The third-order valence-electron chi connectivity index (χ3n) is 5.37. The highest BCUT2D eigenvalue weighted by Gasteiger charge is 2.34. The molecule has 0 N–H and O–H groups in total. The second kappa shape index (κ2) is 10.2. The number of esters is 1. The number of carbonyl (C=O) groups is 1. The average molecular weight is 517 g/mol. The molecule has 1 unspecified atom stereocenters. The van der Waals surface area contributed by atoms with Crippen molar-refractivity contribution in [3.05, 3.63) is 94.6 Å². The molecule has 3 aromatic rings. The molecule has 34 heavy (non-hydrogen) atoms. The summed E-state index contributed by atoms with van der Waals surface area (Å²) in [4.78, 5) is 31.6. The second-order valence-corrected chi connectivity index (χ2v) is 9.40. The van der Waals surface area contributed by atoms with E-state index in [2.05, 4.69) is 4.99 Å². The molecule has 0 saturated heterocycles. The van der Waals surface area contributed by atoms with Crippen molar-refractivity contribution >= 4 is 46.6 Å². The maximum absolute atomic E-state index is 13.7. The minimum absolute atomic E-state index is 0.287. The molecule has 6 nitrogen and oxygen atoms in total. The molecule has 0 fully saturated rings. The van der Waals surface area contributed by atoms with Gasteiger partial charge in [-0.25, -0.2) is 9.79 Å². The molecule has 0 aliphatic carbocycles. The SMILES string of the molecule is CCCOc1ccccc1C1C(C(=O)OC)=C(C)N=c2sc(=Cc3cccc(Cl)c3Cl)c(=O)n21. The first-order valence-corrected chi connectivity index (χ1v) is 12.2. The molecule has 4 rings (SSSR count). The number of para-hydroxylation sites is 1. The number of halogens is 2. The van der Waals surface area contributed by atoms with Crippen LogP contribution in [-0.2, 0) is 9.53 Å².